The summed E-state index contributed by atoms with van der Waals surface area (Å²) < 4.78 is 5.35. The van der Waals surface area contributed by atoms with Crippen LogP contribution in [0.15, 0.2) is 12.1 Å². The number of aliphatic carboxylic acids is 1. The zero-order chi connectivity index (χ0) is 15.7. The molecule has 2 atom stereocenters. The van der Waals surface area contributed by atoms with Gasteiger partial charge in [-0.2, -0.15) is 0 Å². The average Bonchev–Trinajstić information content (AvgIpc) is 2.36. The van der Waals surface area contributed by atoms with E-state index >= 15 is 0 Å². The van der Waals surface area contributed by atoms with Gasteiger partial charge in [-0.15, -0.1) is 0 Å². The standard InChI is InChI=1S/C16H21NO4/c1-9-5-10(2)14(11(3)6-9)15(18)17-7-12(4)21-13(8-17)16(19)20/h5-6,12-13H,7-8H2,1-4H3,(H,19,20)/t12-,13?/m1/s1. The molecule has 2 rings (SSSR count). The second-order valence-corrected chi connectivity index (χ2v) is 5.76. The number of carbonyl (C=O) groups is 2. The Hall–Kier alpha value is -1.88. The molecular formula is C16H21NO4. The van der Waals surface area contributed by atoms with Crippen LogP contribution in [0.25, 0.3) is 0 Å². The number of aryl methyl sites for hydroxylation is 3. The summed E-state index contributed by atoms with van der Waals surface area (Å²) in [4.78, 5) is 25.4. The Bertz CT molecular complexity index is 559. The summed E-state index contributed by atoms with van der Waals surface area (Å²) in [5.41, 5.74) is 3.62. The number of morpholine rings is 1. The van der Waals surface area contributed by atoms with Crippen LogP contribution in [0.1, 0.15) is 34.0 Å². The molecule has 1 N–H and O–H groups in total. The lowest BCUT2D eigenvalue weighted by Gasteiger charge is -2.35. The van der Waals surface area contributed by atoms with Crippen molar-refractivity contribution in [2.24, 2.45) is 0 Å². The molecular weight excluding hydrogens is 270 g/mol. The Kier molecular flexibility index (Phi) is 4.32. The van der Waals surface area contributed by atoms with Gasteiger partial charge in [-0.1, -0.05) is 17.7 Å². The fourth-order valence-electron chi connectivity index (χ4n) is 2.93. The Balaban J connectivity index is 2.29. The van der Waals surface area contributed by atoms with E-state index in [-0.39, 0.29) is 18.6 Å². The lowest BCUT2D eigenvalue weighted by atomic mass is 9.98. The van der Waals surface area contributed by atoms with Crippen molar-refractivity contribution >= 4 is 11.9 Å². The Morgan fingerprint density at radius 2 is 1.76 bits per heavy atom. The number of hydrogen-bond donors (Lipinski definition) is 1. The third kappa shape index (κ3) is 3.24. The van der Waals surface area contributed by atoms with Crippen molar-refractivity contribution < 1.29 is 19.4 Å². The van der Waals surface area contributed by atoms with Gasteiger partial charge in [0.15, 0.2) is 6.10 Å². The second kappa shape index (κ2) is 5.85. The Labute approximate surface area is 124 Å². The number of hydrogen-bond acceptors (Lipinski definition) is 3. The molecule has 1 heterocycles. The highest BCUT2D eigenvalue weighted by Gasteiger charge is 2.33. The highest BCUT2D eigenvalue weighted by molar-refractivity contribution is 5.97. The van der Waals surface area contributed by atoms with Crippen molar-refractivity contribution in [3.63, 3.8) is 0 Å². The first-order valence-corrected chi connectivity index (χ1v) is 7.05. The molecule has 1 aliphatic heterocycles. The van der Waals surface area contributed by atoms with Crippen LogP contribution >= 0.6 is 0 Å². The minimum atomic E-state index is -1.03. The van der Waals surface area contributed by atoms with Gasteiger partial charge < -0.3 is 14.7 Å². The van der Waals surface area contributed by atoms with Crippen LogP contribution in [0.2, 0.25) is 0 Å². The first kappa shape index (κ1) is 15.5. The van der Waals surface area contributed by atoms with E-state index < -0.39 is 12.1 Å². The highest BCUT2D eigenvalue weighted by atomic mass is 16.5. The molecule has 1 fully saturated rings. The molecule has 0 aliphatic carbocycles. The van der Waals surface area contributed by atoms with Gasteiger partial charge in [0, 0.05) is 12.1 Å². The molecule has 0 saturated carbocycles. The summed E-state index contributed by atoms with van der Waals surface area (Å²) in [5, 5.41) is 9.11. The highest BCUT2D eigenvalue weighted by Crippen LogP contribution is 2.21. The first-order valence-electron chi connectivity index (χ1n) is 7.05. The minimum Gasteiger partial charge on any atom is -0.479 e. The predicted molar refractivity (Wildman–Crippen MR) is 78.5 cm³/mol. The first-order chi connectivity index (χ1) is 9.79. The number of carboxylic acid groups (broad SMARTS) is 1. The lowest BCUT2D eigenvalue weighted by molar-refractivity contribution is -0.160. The molecule has 21 heavy (non-hydrogen) atoms. The average molecular weight is 291 g/mol. The molecule has 114 valence electrons. The molecule has 5 nitrogen and oxygen atoms in total. The molecule has 1 aliphatic rings. The van der Waals surface area contributed by atoms with E-state index in [0.29, 0.717) is 12.1 Å². The van der Waals surface area contributed by atoms with Crippen LogP contribution in [0.4, 0.5) is 0 Å². The summed E-state index contributed by atoms with van der Waals surface area (Å²) in [7, 11) is 0. The van der Waals surface area contributed by atoms with Crippen molar-refractivity contribution in [3.8, 4) is 0 Å². The van der Waals surface area contributed by atoms with Crippen molar-refractivity contribution in [2.45, 2.75) is 39.9 Å². The summed E-state index contributed by atoms with van der Waals surface area (Å²) in [6.07, 6.45) is -1.24. The molecule has 1 amide bonds. The van der Waals surface area contributed by atoms with E-state index in [1.165, 1.54) is 0 Å². The van der Waals surface area contributed by atoms with Gasteiger partial charge in [0.05, 0.1) is 12.6 Å². The summed E-state index contributed by atoms with van der Waals surface area (Å²) >= 11 is 0. The third-order valence-electron chi connectivity index (χ3n) is 3.71. The van der Waals surface area contributed by atoms with Crippen molar-refractivity contribution in [3.05, 3.63) is 34.4 Å². The van der Waals surface area contributed by atoms with Crippen LogP contribution in [0.5, 0.6) is 0 Å². The van der Waals surface area contributed by atoms with Crippen LogP contribution < -0.4 is 0 Å². The number of benzene rings is 1. The number of ether oxygens (including phenoxy) is 1. The smallest absolute Gasteiger partial charge is 0.334 e. The maximum absolute atomic E-state index is 12.7. The fourth-order valence-corrected chi connectivity index (χ4v) is 2.93. The van der Waals surface area contributed by atoms with Gasteiger partial charge in [0.25, 0.3) is 5.91 Å². The van der Waals surface area contributed by atoms with Crippen LogP contribution in [0, 0.1) is 20.8 Å². The molecule has 1 unspecified atom stereocenters. The fraction of sp³-hybridized carbons (Fsp3) is 0.500. The number of nitrogens with zero attached hydrogens (tertiary/aromatic N) is 1. The van der Waals surface area contributed by atoms with Gasteiger partial charge in [-0.25, -0.2) is 4.79 Å². The SMILES string of the molecule is Cc1cc(C)c(C(=O)N2CC(C(=O)O)O[C@H](C)C2)c(C)c1. The van der Waals surface area contributed by atoms with E-state index in [1.54, 1.807) is 11.8 Å². The zero-order valence-electron chi connectivity index (χ0n) is 12.8. The van der Waals surface area contributed by atoms with Crippen molar-refractivity contribution in [1.82, 2.24) is 4.90 Å². The number of carboxylic acids is 1. The van der Waals surface area contributed by atoms with E-state index in [4.69, 9.17) is 9.84 Å². The molecule has 0 aromatic heterocycles. The van der Waals surface area contributed by atoms with Gasteiger partial charge >= 0.3 is 5.97 Å². The Morgan fingerprint density at radius 3 is 2.29 bits per heavy atom. The van der Waals surface area contributed by atoms with Gasteiger partial charge in [0.2, 0.25) is 0 Å². The number of carbonyl (C=O) groups excluding carboxylic acids is 1. The predicted octanol–water partition coefficient (Wildman–Crippen LogP) is 1.93. The third-order valence-corrected chi connectivity index (χ3v) is 3.71. The number of rotatable bonds is 2. The minimum absolute atomic E-state index is 0.0886. The summed E-state index contributed by atoms with van der Waals surface area (Å²) in [6, 6.07) is 3.94. The van der Waals surface area contributed by atoms with E-state index in [1.807, 2.05) is 32.9 Å². The van der Waals surface area contributed by atoms with Crippen LogP contribution in [-0.4, -0.2) is 47.2 Å². The van der Waals surface area contributed by atoms with E-state index in [2.05, 4.69) is 0 Å². The molecule has 1 saturated heterocycles. The van der Waals surface area contributed by atoms with E-state index in [9.17, 15) is 9.59 Å². The zero-order valence-corrected chi connectivity index (χ0v) is 12.8. The van der Waals surface area contributed by atoms with Gasteiger partial charge in [-0.05, 0) is 38.8 Å². The second-order valence-electron chi connectivity index (χ2n) is 5.76. The van der Waals surface area contributed by atoms with Gasteiger partial charge in [-0.3, -0.25) is 4.79 Å². The largest absolute Gasteiger partial charge is 0.479 e. The van der Waals surface area contributed by atoms with Crippen LogP contribution in [-0.2, 0) is 9.53 Å². The molecule has 0 bridgehead atoms. The molecule has 1 aromatic rings. The van der Waals surface area contributed by atoms with Gasteiger partial charge in [0.1, 0.15) is 0 Å². The quantitative estimate of drug-likeness (QED) is 0.904. The molecule has 1 aromatic carbocycles. The van der Waals surface area contributed by atoms with Crippen molar-refractivity contribution in [2.75, 3.05) is 13.1 Å². The molecule has 0 radical (unpaired) electrons. The maximum atomic E-state index is 12.7. The molecule has 5 heteroatoms. The monoisotopic (exact) mass is 291 g/mol. The summed E-state index contributed by atoms with van der Waals surface area (Å²) in [5.74, 6) is -1.15. The maximum Gasteiger partial charge on any atom is 0.334 e. The van der Waals surface area contributed by atoms with E-state index in [0.717, 1.165) is 16.7 Å². The number of amides is 1. The summed E-state index contributed by atoms with van der Waals surface area (Å²) in [6.45, 7) is 8.09. The van der Waals surface area contributed by atoms with Crippen molar-refractivity contribution in [1.29, 1.82) is 0 Å². The normalized spacial score (nSPS) is 22.2. The van der Waals surface area contributed by atoms with Crippen LogP contribution in [0.3, 0.4) is 0 Å². The topological polar surface area (TPSA) is 66.8 Å². The molecule has 0 spiro atoms. The lowest BCUT2D eigenvalue weighted by Crippen LogP contribution is -2.52. The Morgan fingerprint density at radius 1 is 1.19 bits per heavy atom.